The summed E-state index contributed by atoms with van der Waals surface area (Å²) in [4.78, 5) is 80.1. The van der Waals surface area contributed by atoms with Crippen molar-refractivity contribution in [2.45, 2.75) is 56.9 Å². The van der Waals surface area contributed by atoms with E-state index in [2.05, 4.69) is 15.5 Å². The second-order valence-electron chi connectivity index (χ2n) is 13.1. The van der Waals surface area contributed by atoms with E-state index in [0.29, 0.717) is 16.0 Å². The number of ether oxygens (including phenoxy) is 2. The van der Waals surface area contributed by atoms with Crippen LogP contribution in [0.3, 0.4) is 0 Å². The van der Waals surface area contributed by atoms with Crippen LogP contribution in [0, 0.1) is 32.1 Å². The number of aromatic nitrogens is 4. The van der Waals surface area contributed by atoms with Crippen molar-refractivity contribution >= 4 is 47.0 Å². The van der Waals surface area contributed by atoms with Gasteiger partial charge in [0, 0.05) is 61.0 Å². The van der Waals surface area contributed by atoms with Crippen molar-refractivity contribution in [3.63, 3.8) is 0 Å². The average molecular weight is 750 g/mol. The number of nitrogens with zero attached hydrogens (tertiary/aromatic N) is 9. The summed E-state index contributed by atoms with van der Waals surface area (Å²) in [5.41, 5.74) is 0.865. The van der Waals surface area contributed by atoms with Crippen LogP contribution in [0.4, 0.5) is 16.2 Å². The molecule has 6 rings (SSSR count). The molecule has 6 atom stereocenters. The van der Waals surface area contributed by atoms with Gasteiger partial charge in [0.1, 0.15) is 31.3 Å². The number of nitro groups is 2. The van der Waals surface area contributed by atoms with Gasteiger partial charge in [-0.2, -0.15) is 0 Å². The van der Waals surface area contributed by atoms with Gasteiger partial charge in [0.05, 0.1) is 27.8 Å². The fourth-order valence-electron chi connectivity index (χ4n) is 6.86. The van der Waals surface area contributed by atoms with Gasteiger partial charge < -0.3 is 19.3 Å². The monoisotopic (exact) mass is 749 g/mol. The molecule has 2 aromatic carbocycles. The normalized spacial score (nSPS) is 22.6. The zero-order valence-electron chi connectivity index (χ0n) is 29.0. The summed E-state index contributed by atoms with van der Waals surface area (Å²) < 4.78 is 12.7. The summed E-state index contributed by atoms with van der Waals surface area (Å²) in [7, 11) is 3.15. The third kappa shape index (κ3) is 7.26. The highest BCUT2D eigenvalue weighted by atomic mass is 32.2. The van der Waals surface area contributed by atoms with Crippen molar-refractivity contribution in [3.05, 3.63) is 96.8 Å². The van der Waals surface area contributed by atoms with Crippen molar-refractivity contribution in [2.24, 2.45) is 11.8 Å². The maximum atomic E-state index is 13.9. The number of esters is 1. The summed E-state index contributed by atoms with van der Waals surface area (Å²) in [5, 5.41) is 33.0. The van der Waals surface area contributed by atoms with Crippen molar-refractivity contribution in [1.29, 1.82) is 0 Å². The van der Waals surface area contributed by atoms with Gasteiger partial charge in [0.2, 0.25) is 11.8 Å². The maximum absolute atomic E-state index is 13.9. The molecule has 53 heavy (non-hydrogen) atoms. The molecule has 0 spiro atoms. The molecular formula is C33H35N9O10S. The van der Waals surface area contributed by atoms with Gasteiger partial charge in [-0.1, -0.05) is 6.92 Å². The van der Waals surface area contributed by atoms with Crippen molar-refractivity contribution in [3.8, 4) is 0 Å². The molecule has 0 saturated carbocycles. The number of carbonyl (C=O) groups is 4. The van der Waals surface area contributed by atoms with Crippen LogP contribution in [0.25, 0.3) is 0 Å². The standard InChI is InChI=1S/C33H35N9O10S/c1-18-27-26(19(2)39-17-34-35-36-39)31(44)40(27)28(32(45)51-15-20-5-9-22(10-6-20)41(47)48)29(18)53-24-13-25(30(43)37(3)4)38(14-24)33(46)52-16-21-7-11-23(12-8-21)42(49)50/h5-12,17-19,24-27H,13-16H2,1-4H3/t18-,19-,24+,25+,26+,27+/m1/s1. The lowest BCUT2D eigenvalue weighted by Crippen LogP contribution is -2.62. The lowest BCUT2D eigenvalue weighted by atomic mass is 9.78. The second kappa shape index (κ2) is 15.0. The zero-order valence-corrected chi connectivity index (χ0v) is 29.8. The van der Waals surface area contributed by atoms with Crippen LogP contribution in [-0.4, -0.2) is 107 Å². The Hall–Kier alpha value is -5.92. The quantitative estimate of drug-likeness (QED) is 0.112. The Morgan fingerprint density at radius 3 is 2.09 bits per heavy atom. The van der Waals surface area contributed by atoms with Crippen LogP contribution in [0.5, 0.6) is 0 Å². The molecule has 4 heterocycles. The molecule has 19 nitrogen and oxygen atoms in total. The third-order valence-corrected chi connectivity index (χ3v) is 11.1. The number of tetrazole rings is 1. The minimum absolute atomic E-state index is 0.0641. The number of fused-ring (bicyclic) bond motifs is 1. The van der Waals surface area contributed by atoms with E-state index in [1.54, 1.807) is 14.1 Å². The molecule has 3 aromatic rings. The Labute approximate surface area is 306 Å². The number of thioether (sulfide) groups is 1. The topological polar surface area (TPSA) is 226 Å². The number of benzene rings is 2. The van der Waals surface area contributed by atoms with E-state index in [-0.39, 0.29) is 61.0 Å². The molecule has 2 saturated heterocycles. The number of non-ortho nitro benzene ring substituents is 2. The van der Waals surface area contributed by atoms with E-state index in [1.807, 2.05) is 13.8 Å². The van der Waals surface area contributed by atoms with Gasteiger partial charge in [0.25, 0.3) is 11.4 Å². The lowest BCUT2D eigenvalue weighted by Gasteiger charge is -2.47. The number of likely N-dealkylation sites (tertiary alicyclic amines) is 1. The highest BCUT2D eigenvalue weighted by Gasteiger charge is 2.61. The number of hydrogen-bond acceptors (Lipinski definition) is 14. The molecule has 1 aromatic heterocycles. The van der Waals surface area contributed by atoms with Crippen molar-refractivity contribution in [1.82, 2.24) is 34.9 Å². The average Bonchev–Trinajstić information content (AvgIpc) is 3.88. The molecule has 0 bridgehead atoms. The first-order valence-electron chi connectivity index (χ1n) is 16.5. The smallest absolute Gasteiger partial charge is 0.410 e. The number of rotatable bonds is 12. The van der Waals surface area contributed by atoms with Crippen molar-refractivity contribution in [2.75, 3.05) is 20.6 Å². The molecule has 3 amide bonds. The fraction of sp³-hybridized carbons (Fsp3) is 0.424. The highest BCUT2D eigenvalue weighted by molar-refractivity contribution is 8.03. The van der Waals surface area contributed by atoms with Gasteiger partial charge >= 0.3 is 12.1 Å². The first-order valence-corrected chi connectivity index (χ1v) is 17.4. The van der Waals surface area contributed by atoms with Crippen molar-refractivity contribution < 1.29 is 38.5 Å². The number of β-lactam (4-membered cyclic amide) rings is 1. The lowest BCUT2D eigenvalue weighted by molar-refractivity contribution is -0.385. The molecule has 0 aliphatic carbocycles. The molecule has 278 valence electrons. The van der Waals surface area contributed by atoms with E-state index in [0.717, 1.165) is 0 Å². The number of nitro benzene ring substituents is 2. The predicted octanol–water partition coefficient (Wildman–Crippen LogP) is 3.08. The van der Waals surface area contributed by atoms with Crippen LogP contribution >= 0.6 is 11.8 Å². The minimum Gasteiger partial charge on any atom is -0.456 e. The molecule has 3 aliphatic heterocycles. The number of amides is 3. The first-order chi connectivity index (χ1) is 25.3. The molecule has 0 N–H and O–H groups in total. The van der Waals surface area contributed by atoms with Gasteiger partial charge in [-0.25, -0.2) is 14.3 Å². The van der Waals surface area contributed by atoms with Gasteiger partial charge in [0.15, 0.2) is 0 Å². The minimum atomic E-state index is -0.882. The number of likely N-dealkylation sites (N-methyl/N-ethyl adjacent to an activating group) is 1. The van der Waals surface area contributed by atoms with Crippen LogP contribution in [-0.2, 0) is 37.1 Å². The Morgan fingerprint density at radius 2 is 1.57 bits per heavy atom. The number of carbonyl (C=O) groups excluding carboxylic acids is 4. The van der Waals surface area contributed by atoms with Gasteiger partial charge in [-0.15, -0.1) is 16.9 Å². The van der Waals surface area contributed by atoms with Crippen LogP contribution in [0.1, 0.15) is 37.4 Å². The van der Waals surface area contributed by atoms with E-state index in [4.69, 9.17) is 9.47 Å². The Bertz CT molecular complexity index is 1960. The molecule has 0 unspecified atom stereocenters. The molecular weight excluding hydrogens is 714 g/mol. The Kier molecular flexibility index (Phi) is 10.4. The van der Waals surface area contributed by atoms with E-state index in [1.165, 1.54) is 86.0 Å². The summed E-state index contributed by atoms with van der Waals surface area (Å²) in [6.45, 7) is 3.41. The summed E-state index contributed by atoms with van der Waals surface area (Å²) >= 11 is 1.30. The van der Waals surface area contributed by atoms with E-state index < -0.39 is 51.2 Å². The molecule has 2 fully saturated rings. The van der Waals surface area contributed by atoms with E-state index in [9.17, 15) is 39.4 Å². The van der Waals surface area contributed by atoms with Gasteiger partial charge in [-0.3, -0.25) is 34.7 Å². The largest absolute Gasteiger partial charge is 0.456 e. The summed E-state index contributed by atoms with van der Waals surface area (Å²) in [5.74, 6) is -2.33. The van der Waals surface area contributed by atoms with Crippen LogP contribution in [0.15, 0.2) is 65.5 Å². The SMILES string of the molecule is C[C@H]([C@@H]1C(=O)N2C(C(=O)OCc3ccc([N+](=O)[O-])cc3)=C(S[C@H]3C[C@@H](C(=O)N(C)C)N(C(=O)OCc4ccc([N+](=O)[O-])cc4)C3)[C@H](C)[C@@H]12)n1cnnn1. The summed E-state index contributed by atoms with van der Waals surface area (Å²) in [6, 6.07) is 9.36. The Morgan fingerprint density at radius 1 is 0.981 bits per heavy atom. The van der Waals surface area contributed by atoms with Crippen LogP contribution < -0.4 is 0 Å². The first kappa shape index (κ1) is 36.9. The Balaban J connectivity index is 1.23. The fourth-order valence-corrected chi connectivity index (χ4v) is 8.38. The second-order valence-corrected chi connectivity index (χ2v) is 14.5. The maximum Gasteiger partial charge on any atom is 0.410 e. The predicted molar refractivity (Wildman–Crippen MR) is 184 cm³/mol. The molecule has 0 radical (unpaired) electrons. The van der Waals surface area contributed by atoms with E-state index >= 15 is 0 Å². The van der Waals surface area contributed by atoms with Crippen LogP contribution in [0.2, 0.25) is 0 Å². The zero-order chi connectivity index (χ0) is 38.1. The highest BCUT2D eigenvalue weighted by Crippen LogP contribution is 2.54. The molecule has 3 aliphatic rings. The summed E-state index contributed by atoms with van der Waals surface area (Å²) in [6.07, 6.45) is 0.883. The number of hydrogen-bond donors (Lipinski definition) is 0. The van der Waals surface area contributed by atoms with Gasteiger partial charge in [-0.05, 0) is 59.2 Å². The third-order valence-electron chi connectivity index (χ3n) is 9.63. The molecule has 20 heteroatoms.